The first-order valence-corrected chi connectivity index (χ1v) is 9.41. The molecular weight excluding hydrogens is 348 g/mol. The topological polar surface area (TPSA) is 59.0 Å². The van der Waals surface area contributed by atoms with Crippen LogP contribution in [-0.4, -0.2) is 28.5 Å². The standard InChI is InChI=1S/C23H22N4O/c28-23(25-16-6-15-24-19-7-2-1-3-8-19)18-11-13-20(14-12-18)27-17-26-21-9-4-5-10-22(21)27/h1-5,7-14,17,24H,6,15-16H2,(H,25,28). The number of para-hydroxylation sites is 3. The molecule has 0 unspecified atom stereocenters. The van der Waals surface area contributed by atoms with E-state index in [-0.39, 0.29) is 5.91 Å². The number of nitrogens with one attached hydrogen (secondary N) is 2. The van der Waals surface area contributed by atoms with E-state index < -0.39 is 0 Å². The highest BCUT2D eigenvalue weighted by Gasteiger charge is 2.07. The monoisotopic (exact) mass is 370 g/mol. The molecule has 0 radical (unpaired) electrons. The summed E-state index contributed by atoms with van der Waals surface area (Å²) in [5.74, 6) is -0.0539. The van der Waals surface area contributed by atoms with Crippen LogP contribution in [0.2, 0.25) is 0 Å². The second-order valence-corrected chi connectivity index (χ2v) is 6.55. The maximum atomic E-state index is 12.3. The van der Waals surface area contributed by atoms with Gasteiger partial charge in [-0.05, 0) is 55.0 Å². The molecule has 0 spiro atoms. The van der Waals surface area contributed by atoms with Gasteiger partial charge < -0.3 is 10.6 Å². The van der Waals surface area contributed by atoms with Crippen molar-refractivity contribution in [1.82, 2.24) is 14.9 Å². The first kappa shape index (κ1) is 17.8. The van der Waals surface area contributed by atoms with Gasteiger partial charge in [-0.1, -0.05) is 30.3 Å². The molecule has 0 saturated heterocycles. The van der Waals surface area contributed by atoms with Gasteiger partial charge in [0.15, 0.2) is 0 Å². The number of rotatable bonds is 7. The summed E-state index contributed by atoms with van der Waals surface area (Å²) in [5, 5.41) is 6.31. The summed E-state index contributed by atoms with van der Waals surface area (Å²) in [4.78, 5) is 16.7. The first-order valence-electron chi connectivity index (χ1n) is 9.41. The lowest BCUT2D eigenvalue weighted by atomic mass is 10.2. The van der Waals surface area contributed by atoms with Crippen LogP contribution in [0.25, 0.3) is 16.7 Å². The van der Waals surface area contributed by atoms with Crippen molar-refractivity contribution >= 4 is 22.6 Å². The number of anilines is 1. The summed E-state index contributed by atoms with van der Waals surface area (Å²) >= 11 is 0. The molecule has 1 amide bonds. The van der Waals surface area contributed by atoms with E-state index in [0.29, 0.717) is 12.1 Å². The number of nitrogens with zero attached hydrogens (tertiary/aromatic N) is 2. The summed E-state index contributed by atoms with van der Waals surface area (Å²) in [6.45, 7) is 1.45. The Hall–Kier alpha value is -3.60. The number of fused-ring (bicyclic) bond motifs is 1. The molecule has 2 N–H and O–H groups in total. The molecule has 1 heterocycles. The van der Waals surface area contributed by atoms with Gasteiger partial charge in [0.2, 0.25) is 0 Å². The molecule has 4 rings (SSSR count). The van der Waals surface area contributed by atoms with Gasteiger partial charge in [0.25, 0.3) is 5.91 Å². The average molecular weight is 370 g/mol. The molecule has 0 aliphatic carbocycles. The summed E-state index contributed by atoms with van der Waals surface area (Å²) in [6, 6.07) is 25.6. The molecule has 5 nitrogen and oxygen atoms in total. The third-order valence-electron chi connectivity index (χ3n) is 4.60. The van der Waals surface area contributed by atoms with Gasteiger partial charge in [-0.2, -0.15) is 0 Å². The normalized spacial score (nSPS) is 10.7. The number of carbonyl (C=O) groups is 1. The molecule has 0 aliphatic rings. The van der Waals surface area contributed by atoms with Gasteiger partial charge in [0, 0.05) is 30.0 Å². The van der Waals surface area contributed by atoms with Crippen molar-refractivity contribution in [3.8, 4) is 5.69 Å². The van der Waals surface area contributed by atoms with Gasteiger partial charge in [0.1, 0.15) is 6.33 Å². The smallest absolute Gasteiger partial charge is 0.251 e. The fraction of sp³-hybridized carbons (Fsp3) is 0.130. The second kappa shape index (κ2) is 8.39. The van der Waals surface area contributed by atoms with Gasteiger partial charge in [0.05, 0.1) is 11.0 Å². The van der Waals surface area contributed by atoms with E-state index >= 15 is 0 Å². The Kier molecular flexibility index (Phi) is 5.33. The molecule has 0 atom stereocenters. The molecule has 140 valence electrons. The Morgan fingerprint density at radius 3 is 2.43 bits per heavy atom. The third kappa shape index (κ3) is 4.04. The molecule has 0 fully saturated rings. The molecule has 1 aromatic heterocycles. The first-order chi connectivity index (χ1) is 13.8. The largest absolute Gasteiger partial charge is 0.385 e. The molecule has 0 saturated carbocycles. The van der Waals surface area contributed by atoms with Crippen LogP contribution in [0.15, 0.2) is 85.2 Å². The van der Waals surface area contributed by atoms with E-state index in [9.17, 15) is 4.79 Å². The zero-order chi connectivity index (χ0) is 19.2. The lowest BCUT2D eigenvalue weighted by molar-refractivity contribution is 0.0953. The minimum atomic E-state index is -0.0539. The average Bonchev–Trinajstić information content (AvgIpc) is 3.18. The van der Waals surface area contributed by atoms with Crippen molar-refractivity contribution in [3.63, 3.8) is 0 Å². The summed E-state index contributed by atoms with van der Waals surface area (Å²) in [7, 11) is 0. The van der Waals surface area contributed by atoms with Crippen molar-refractivity contribution < 1.29 is 4.79 Å². The van der Waals surface area contributed by atoms with Crippen LogP contribution in [0.1, 0.15) is 16.8 Å². The van der Waals surface area contributed by atoms with Gasteiger partial charge in [-0.25, -0.2) is 4.98 Å². The number of imidazole rings is 1. The van der Waals surface area contributed by atoms with Gasteiger partial charge in [-0.15, -0.1) is 0 Å². The van der Waals surface area contributed by atoms with Gasteiger partial charge >= 0.3 is 0 Å². The lowest BCUT2D eigenvalue weighted by Gasteiger charge is -2.09. The zero-order valence-corrected chi connectivity index (χ0v) is 15.5. The Balaban J connectivity index is 1.30. The number of amides is 1. The molecule has 3 aromatic carbocycles. The van der Waals surface area contributed by atoms with Crippen LogP contribution in [0.3, 0.4) is 0 Å². The maximum Gasteiger partial charge on any atom is 0.251 e. The van der Waals surface area contributed by atoms with Gasteiger partial charge in [-0.3, -0.25) is 9.36 Å². The summed E-state index contributed by atoms with van der Waals surface area (Å²) in [5.41, 5.74) is 4.73. The Morgan fingerprint density at radius 2 is 1.61 bits per heavy atom. The molecule has 0 aliphatic heterocycles. The van der Waals surface area contributed by atoms with Crippen LogP contribution in [0.5, 0.6) is 0 Å². The molecule has 28 heavy (non-hydrogen) atoms. The van der Waals surface area contributed by atoms with E-state index in [2.05, 4.69) is 15.6 Å². The molecular formula is C23H22N4O. The minimum Gasteiger partial charge on any atom is -0.385 e. The van der Waals surface area contributed by atoms with Crippen LogP contribution >= 0.6 is 0 Å². The highest BCUT2D eigenvalue weighted by Crippen LogP contribution is 2.18. The highest BCUT2D eigenvalue weighted by molar-refractivity contribution is 5.94. The van der Waals surface area contributed by atoms with Crippen molar-refractivity contribution in [3.05, 3.63) is 90.8 Å². The number of hydrogen-bond acceptors (Lipinski definition) is 3. The predicted molar refractivity (Wildman–Crippen MR) is 113 cm³/mol. The Bertz CT molecular complexity index is 1050. The van der Waals surface area contributed by atoms with Crippen LogP contribution in [0, 0.1) is 0 Å². The quantitative estimate of drug-likeness (QED) is 0.478. The molecule has 5 heteroatoms. The number of carbonyl (C=O) groups excluding carboxylic acids is 1. The predicted octanol–water partition coefficient (Wildman–Crippen LogP) is 4.26. The van der Waals surface area contributed by atoms with Crippen LogP contribution < -0.4 is 10.6 Å². The number of hydrogen-bond donors (Lipinski definition) is 2. The fourth-order valence-electron chi connectivity index (χ4n) is 3.12. The van der Waals surface area contributed by atoms with E-state index in [1.807, 2.05) is 83.4 Å². The zero-order valence-electron chi connectivity index (χ0n) is 15.5. The molecule has 4 aromatic rings. The van der Waals surface area contributed by atoms with Crippen LogP contribution in [0.4, 0.5) is 5.69 Å². The van der Waals surface area contributed by atoms with E-state index in [1.165, 1.54) is 0 Å². The SMILES string of the molecule is O=C(NCCCNc1ccccc1)c1ccc(-n2cnc3ccccc32)cc1. The highest BCUT2D eigenvalue weighted by atomic mass is 16.1. The Morgan fingerprint density at radius 1 is 0.857 bits per heavy atom. The van der Waals surface area contributed by atoms with E-state index in [0.717, 1.165) is 35.4 Å². The molecule has 0 bridgehead atoms. The van der Waals surface area contributed by atoms with Crippen molar-refractivity contribution in [1.29, 1.82) is 0 Å². The van der Waals surface area contributed by atoms with Crippen molar-refractivity contribution in [2.45, 2.75) is 6.42 Å². The summed E-state index contributed by atoms with van der Waals surface area (Å²) in [6.07, 6.45) is 2.67. The van der Waals surface area contributed by atoms with E-state index in [1.54, 1.807) is 6.33 Å². The number of benzene rings is 3. The maximum absolute atomic E-state index is 12.3. The van der Waals surface area contributed by atoms with Crippen molar-refractivity contribution in [2.75, 3.05) is 18.4 Å². The number of aromatic nitrogens is 2. The van der Waals surface area contributed by atoms with E-state index in [4.69, 9.17) is 0 Å². The third-order valence-corrected chi connectivity index (χ3v) is 4.60. The fourth-order valence-corrected chi connectivity index (χ4v) is 3.12. The van der Waals surface area contributed by atoms with Crippen LogP contribution in [-0.2, 0) is 0 Å². The Labute approximate surface area is 164 Å². The summed E-state index contributed by atoms with van der Waals surface area (Å²) < 4.78 is 2.02. The minimum absolute atomic E-state index is 0.0539. The second-order valence-electron chi connectivity index (χ2n) is 6.55. The van der Waals surface area contributed by atoms with Crippen molar-refractivity contribution in [2.24, 2.45) is 0 Å². The lowest BCUT2D eigenvalue weighted by Crippen LogP contribution is -2.25.